The number of carboxylic acids is 2. The molecule has 0 aliphatic rings. The highest BCUT2D eigenvalue weighted by Crippen LogP contribution is 2.01. The van der Waals surface area contributed by atoms with Gasteiger partial charge in [0.15, 0.2) is 0 Å². The number of nitrogens with one attached hydrogen (secondary N) is 4. The number of aliphatic carboxylic acids is 2. The highest BCUT2D eigenvalue weighted by atomic mass is 16.4. The number of carbonyl (C=O) groups is 5. The van der Waals surface area contributed by atoms with E-state index in [0.717, 1.165) is 0 Å². The minimum Gasteiger partial charge on any atom is -0.481 e. The standard InChI is InChI=1S/C15H22N6O8/c16-3-11(23)19-8(1-7-4-17-6-18-7)13(26)21-10(5-22)14(27)20-9(15(28)29)2-12(24)25/h4,6,8-10,22H,1-3,5,16H2,(H,17,18)(H,19,23)(H,20,27)(H,21,26)(H,24,25)(H,28,29). The van der Waals surface area contributed by atoms with Gasteiger partial charge < -0.3 is 42.0 Å². The van der Waals surface area contributed by atoms with Crippen molar-refractivity contribution in [3.8, 4) is 0 Å². The molecule has 3 unspecified atom stereocenters. The van der Waals surface area contributed by atoms with Crippen molar-refractivity contribution in [2.75, 3.05) is 13.2 Å². The van der Waals surface area contributed by atoms with Gasteiger partial charge in [0.1, 0.15) is 18.1 Å². The van der Waals surface area contributed by atoms with Crippen molar-refractivity contribution < 1.29 is 39.3 Å². The molecule has 1 rings (SSSR count). The van der Waals surface area contributed by atoms with Gasteiger partial charge in [-0.2, -0.15) is 0 Å². The van der Waals surface area contributed by atoms with Gasteiger partial charge in [0.05, 0.1) is 25.9 Å². The fourth-order valence-corrected chi connectivity index (χ4v) is 2.19. The maximum atomic E-state index is 12.5. The van der Waals surface area contributed by atoms with Crippen LogP contribution in [-0.2, 0) is 30.4 Å². The van der Waals surface area contributed by atoms with E-state index in [0.29, 0.717) is 5.69 Å². The monoisotopic (exact) mass is 414 g/mol. The van der Waals surface area contributed by atoms with Crippen LogP contribution in [-0.4, -0.2) is 86.2 Å². The topological polar surface area (TPSA) is 237 Å². The summed E-state index contributed by atoms with van der Waals surface area (Å²) in [6.07, 6.45) is 1.83. The molecule has 14 nitrogen and oxygen atoms in total. The number of aliphatic hydroxyl groups is 1. The number of aliphatic hydroxyl groups excluding tert-OH is 1. The lowest BCUT2D eigenvalue weighted by Gasteiger charge is -2.22. The lowest BCUT2D eigenvalue weighted by Crippen LogP contribution is -2.58. The molecular formula is C15H22N6O8. The molecule has 0 spiro atoms. The summed E-state index contributed by atoms with van der Waals surface area (Å²) in [4.78, 5) is 64.5. The molecule has 0 saturated heterocycles. The summed E-state index contributed by atoms with van der Waals surface area (Å²) in [5.41, 5.74) is 5.71. The minimum atomic E-state index is -1.76. The van der Waals surface area contributed by atoms with E-state index in [1.54, 1.807) is 0 Å². The van der Waals surface area contributed by atoms with Crippen LogP contribution in [0.3, 0.4) is 0 Å². The zero-order valence-electron chi connectivity index (χ0n) is 15.1. The minimum absolute atomic E-state index is 0.0336. The first-order valence-corrected chi connectivity index (χ1v) is 8.30. The number of nitrogens with zero attached hydrogens (tertiary/aromatic N) is 1. The van der Waals surface area contributed by atoms with Crippen LogP contribution in [0.25, 0.3) is 0 Å². The molecule has 1 heterocycles. The van der Waals surface area contributed by atoms with Crippen molar-refractivity contribution in [2.24, 2.45) is 5.73 Å². The number of hydrogen-bond acceptors (Lipinski definition) is 8. The fraction of sp³-hybridized carbons (Fsp3) is 0.467. The van der Waals surface area contributed by atoms with Crippen LogP contribution in [0.1, 0.15) is 12.1 Å². The highest BCUT2D eigenvalue weighted by molar-refractivity contribution is 5.94. The molecule has 14 heteroatoms. The number of nitrogens with two attached hydrogens (primary N) is 1. The Kier molecular flexibility index (Phi) is 9.21. The first kappa shape index (κ1) is 23.5. The van der Waals surface area contributed by atoms with Crippen molar-refractivity contribution in [1.29, 1.82) is 0 Å². The molecule has 9 N–H and O–H groups in total. The second-order valence-electron chi connectivity index (χ2n) is 5.85. The zero-order valence-corrected chi connectivity index (χ0v) is 15.1. The van der Waals surface area contributed by atoms with Crippen LogP contribution < -0.4 is 21.7 Å². The number of carbonyl (C=O) groups excluding carboxylic acids is 3. The Hall–Kier alpha value is -3.52. The second kappa shape index (κ2) is 11.4. The van der Waals surface area contributed by atoms with Gasteiger partial charge in [0.25, 0.3) is 0 Å². The molecule has 0 bridgehead atoms. The van der Waals surface area contributed by atoms with E-state index >= 15 is 0 Å². The summed E-state index contributed by atoms with van der Waals surface area (Å²) in [7, 11) is 0. The lowest BCUT2D eigenvalue weighted by molar-refractivity contribution is -0.147. The largest absolute Gasteiger partial charge is 0.481 e. The number of amides is 3. The maximum absolute atomic E-state index is 12.5. The third-order valence-electron chi connectivity index (χ3n) is 3.62. The summed E-state index contributed by atoms with van der Waals surface area (Å²) < 4.78 is 0. The second-order valence-corrected chi connectivity index (χ2v) is 5.85. The van der Waals surface area contributed by atoms with Crippen LogP contribution in [0.4, 0.5) is 0 Å². The van der Waals surface area contributed by atoms with Gasteiger partial charge in [-0.25, -0.2) is 9.78 Å². The number of rotatable bonds is 12. The Morgan fingerprint density at radius 3 is 2.14 bits per heavy atom. The molecule has 0 fully saturated rings. The number of H-pyrrole nitrogens is 1. The van der Waals surface area contributed by atoms with E-state index in [1.807, 2.05) is 5.32 Å². The van der Waals surface area contributed by atoms with Crippen molar-refractivity contribution in [3.05, 3.63) is 18.2 Å². The molecular weight excluding hydrogens is 392 g/mol. The van der Waals surface area contributed by atoms with Gasteiger partial charge in [-0.15, -0.1) is 0 Å². The maximum Gasteiger partial charge on any atom is 0.326 e. The summed E-state index contributed by atoms with van der Waals surface area (Å²) in [6, 6.07) is -4.52. The third-order valence-corrected chi connectivity index (χ3v) is 3.62. The first-order chi connectivity index (χ1) is 13.7. The third kappa shape index (κ3) is 7.94. The Bertz CT molecular complexity index is 737. The van der Waals surface area contributed by atoms with E-state index in [4.69, 9.17) is 15.9 Å². The summed E-state index contributed by atoms with van der Waals surface area (Å²) in [5, 5.41) is 33.5. The van der Waals surface area contributed by atoms with Crippen molar-refractivity contribution in [1.82, 2.24) is 25.9 Å². The van der Waals surface area contributed by atoms with Crippen LogP contribution in [0.15, 0.2) is 12.5 Å². The number of carboxylic acid groups (broad SMARTS) is 2. The number of aromatic nitrogens is 2. The zero-order chi connectivity index (χ0) is 22.0. The Morgan fingerprint density at radius 1 is 1.03 bits per heavy atom. The molecule has 0 aliphatic heterocycles. The van der Waals surface area contributed by atoms with Gasteiger partial charge in [0, 0.05) is 18.3 Å². The van der Waals surface area contributed by atoms with Crippen LogP contribution in [0.2, 0.25) is 0 Å². The molecule has 0 radical (unpaired) electrons. The van der Waals surface area contributed by atoms with Crippen LogP contribution >= 0.6 is 0 Å². The van der Waals surface area contributed by atoms with Crippen molar-refractivity contribution in [3.63, 3.8) is 0 Å². The molecule has 0 aromatic carbocycles. The molecule has 29 heavy (non-hydrogen) atoms. The lowest BCUT2D eigenvalue weighted by atomic mass is 10.1. The molecule has 3 atom stereocenters. The Morgan fingerprint density at radius 2 is 1.66 bits per heavy atom. The van der Waals surface area contributed by atoms with Gasteiger partial charge in [-0.3, -0.25) is 19.2 Å². The highest BCUT2D eigenvalue weighted by Gasteiger charge is 2.30. The normalized spacial score (nSPS) is 13.6. The van der Waals surface area contributed by atoms with E-state index in [-0.39, 0.29) is 6.42 Å². The van der Waals surface area contributed by atoms with Gasteiger partial charge in [-0.05, 0) is 0 Å². The molecule has 1 aromatic rings. The summed E-state index contributed by atoms with van der Waals surface area (Å²) in [6.45, 7) is -1.30. The van der Waals surface area contributed by atoms with Crippen molar-refractivity contribution >= 4 is 29.7 Å². The number of hydrogen-bond donors (Lipinski definition) is 8. The number of aromatic amines is 1. The van der Waals surface area contributed by atoms with E-state index in [2.05, 4.69) is 20.6 Å². The summed E-state index contributed by atoms with van der Waals surface area (Å²) >= 11 is 0. The van der Waals surface area contributed by atoms with E-state index in [9.17, 15) is 29.1 Å². The first-order valence-electron chi connectivity index (χ1n) is 8.30. The molecule has 0 saturated carbocycles. The Balaban J connectivity index is 2.84. The van der Waals surface area contributed by atoms with Crippen LogP contribution in [0.5, 0.6) is 0 Å². The average molecular weight is 414 g/mol. The van der Waals surface area contributed by atoms with Crippen LogP contribution in [0, 0.1) is 0 Å². The average Bonchev–Trinajstić information content (AvgIpc) is 3.17. The van der Waals surface area contributed by atoms with Gasteiger partial charge in [-0.1, -0.05) is 0 Å². The van der Waals surface area contributed by atoms with E-state index in [1.165, 1.54) is 12.5 Å². The molecule has 160 valence electrons. The quantitative estimate of drug-likeness (QED) is 0.164. The molecule has 0 aliphatic carbocycles. The predicted molar refractivity (Wildman–Crippen MR) is 94.1 cm³/mol. The smallest absolute Gasteiger partial charge is 0.326 e. The van der Waals surface area contributed by atoms with E-state index < -0.39 is 67.4 Å². The Labute approximate surface area is 163 Å². The molecule has 3 amide bonds. The predicted octanol–water partition coefficient (Wildman–Crippen LogP) is -4.08. The SMILES string of the molecule is NCC(=O)NC(Cc1cnc[nH]1)C(=O)NC(CO)C(=O)NC(CC(=O)O)C(=O)O. The fourth-order valence-electron chi connectivity index (χ4n) is 2.19. The van der Waals surface area contributed by atoms with Gasteiger partial charge in [0.2, 0.25) is 17.7 Å². The van der Waals surface area contributed by atoms with Crippen molar-refractivity contribution in [2.45, 2.75) is 31.0 Å². The van der Waals surface area contributed by atoms with Gasteiger partial charge >= 0.3 is 11.9 Å². The number of imidazole rings is 1. The molecule has 1 aromatic heterocycles. The summed E-state index contributed by atoms with van der Waals surface area (Å²) in [5.74, 6) is -5.69.